The maximum Gasteiger partial charge on any atom is 0.272 e. The van der Waals surface area contributed by atoms with Crippen LogP contribution in [0.5, 0.6) is 0 Å². The molecule has 246 valence electrons. The summed E-state index contributed by atoms with van der Waals surface area (Å²) in [5, 5.41) is 0.714. The summed E-state index contributed by atoms with van der Waals surface area (Å²) in [6.45, 7) is 6.72. The van der Waals surface area contributed by atoms with Gasteiger partial charge in [0, 0.05) is 21.2 Å². The van der Waals surface area contributed by atoms with Crippen molar-refractivity contribution in [2.45, 2.75) is 37.5 Å². The number of sulfonamides is 2. The van der Waals surface area contributed by atoms with Crippen molar-refractivity contribution >= 4 is 66.4 Å². The number of hydrogen-bond donors (Lipinski definition) is 0. The minimum Gasteiger partial charge on any atom is -0.268 e. The predicted octanol–water partition coefficient (Wildman–Crippen LogP) is 8.30. The summed E-state index contributed by atoms with van der Waals surface area (Å²) in [6, 6.07) is 26.4. The van der Waals surface area contributed by atoms with Crippen LogP contribution in [0.1, 0.15) is 43.0 Å². The maximum absolute atomic E-state index is 14.2. The predicted molar refractivity (Wildman–Crippen MR) is 189 cm³/mol. The van der Waals surface area contributed by atoms with Gasteiger partial charge in [-0.2, -0.15) is 8.61 Å². The molecule has 0 unspecified atom stereocenters. The van der Waals surface area contributed by atoms with Crippen LogP contribution in [0.2, 0.25) is 10.0 Å². The minimum absolute atomic E-state index is 0.0504. The summed E-state index contributed by atoms with van der Waals surface area (Å²) in [6.07, 6.45) is 0. The van der Waals surface area contributed by atoms with Crippen LogP contribution >= 0.6 is 23.2 Å². The van der Waals surface area contributed by atoms with Crippen molar-refractivity contribution in [3.05, 3.63) is 153 Å². The summed E-state index contributed by atoms with van der Waals surface area (Å²) in [5.41, 5.74) is 2.12. The zero-order valence-corrected chi connectivity index (χ0v) is 29.5. The number of rotatable bonds is 8. The quantitative estimate of drug-likeness (QED) is 0.160. The molecule has 0 fully saturated rings. The fraction of sp³-hybridized carbons (Fsp3) is 0.111. The third kappa shape index (κ3) is 6.88. The summed E-state index contributed by atoms with van der Waals surface area (Å²) < 4.78 is 58.3. The van der Waals surface area contributed by atoms with Gasteiger partial charge < -0.3 is 0 Å². The van der Waals surface area contributed by atoms with Crippen LogP contribution in [0.25, 0.3) is 0 Å². The lowest BCUT2D eigenvalue weighted by Gasteiger charge is -2.26. The number of aryl methyl sites for hydroxylation is 4. The first kappa shape index (κ1) is 34.8. The lowest BCUT2D eigenvalue weighted by molar-refractivity contribution is 0.0996. The molecule has 0 aliphatic carbocycles. The number of carbonyl (C=O) groups excluding carboxylic acids is 2. The maximum atomic E-state index is 14.2. The second-order valence-corrected chi connectivity index (χ2v) is 15.6. The smallest absolute Gasteiger partial charge is 0.268 e. The Kier molecular flexibility index (Phi) is 9.84. The van der Waals surface area contributed by atoms with Gasteiger partial charge in [0.2, 0.25) is 0 Å². The second kappa shape index (κ2) is 13.6. The van der Waals surface area contributed by atoms with Gasteiger partial charge in [-0.25, -0.2) is 16.8 Å². The van der Waals surface area contributed by atoms with Gasteiger partial charge in [-0.15, -0.1) is 0 Å². The highest BCUT2D eigenvalue weighted by molar-refractivity contribution is 7.94. The lowest BCUT2D eigenvalue weighted by Crippen LogP contribution is -2.38. The molecule has 8 nitrogen and oxygen atoms in total. The van der Waals surface area contributed by atoms with E-state index in [1.807, 2.05) is 0 Å². The molecule has 0 radical (unpaired) electrons. The lowest BCUT2D eigenvalue weighted by atomic mass is 10.2. The van der Waals surface area contributed by atoms with Gasteiger partial charge in [-0.05, 0) is 135 Å². The minimum atomic E-state index is -4.50. The highest BCUT2D eigenvalue weighted by Gasteiger charge is 2.36. The van der Waals surface area contributed by atoms with Crippen molar-refractivity contribution in [2.24, 2.45) is 0 Å². The molecule has 5 aromatic carbocycles. The van der Waals surface area contributed by atoms with Crippen molar-refractivity contribution in [3.63, 3.8) is 0 Å². The normalized spacial score (nSPS) is 11.6. The number of amides is 2. The summed E-state index contributed by atoms with van der Waals surface area (Å²) in [7, 11) is -9.01. The van der Waals surface area contributed by atoms with E-state index in [0.717, 1.165) is 0 Å². The molecular formula is C36H30Cl2N2O6S2. The monoisotopic (exact) mass is 720 g/mol. The number of hydrogen-bond acceptors (Lipinski definition) is 6. The van der Waals surface area contributed by atoms with E-state index in [1.54, 1.807) is 52.0 Å². The van der Waals surface area contributed by atoms with Crippen molar-refractivity contribution in [2.75, 3.05) is 8.61 Å². The van der Waals surface area contributed by atoms with E-state index in [9.17, 15) is 26.4 Å². The average Bonchev–Trinajstić information content (AvgIpc) is 3.04. The Balaban J connectivity index is 1.68. The molecule has 0 aliphatic rings. The number of nitrogens with zero attached hydrogens (tertiary/aromatic N) is 2. The number of carbonyl (C=O) groups is 2. The number of anilines is 2. The molecule has 5 rings (SSSR count). The molecule has 2 amide bonds. The first-order valence-electron chi connectivity index (χ1n) is 14.6. The highest BCUT2D eigenvalue weighted by Crippen LogP contribution is 2.33. The third-order valence-corrected chi connectivity index (χ3v) is 11.8. The zero-order chi connectivity index (χ0) is 35.0. The van der Waals surface area contributed by atoms with Gasteiger partial charge in [-0.1, -0.05) is 47.5 Å². The van der Waals surface area contributed by atoms with Crippen LogP contribution in [0.3, 0.4) is 0 Å². The largest absolute Gasteiger partial charge is 0.272 e. The second-order valence-electron chi connectivity index (χ2n) is 11.2. The first-order valence-corrected chi connectivity index (χ1v) is 18.2. The van der Waals surface area contributed by atoms with E-state index in [-0.39, 0.29) is 32.3 Å². The van der Waals surface area contributed by atoms with E-state index < -0.39 is 31.9 Å². The summed E-state index contributed by atoms with van der Waals surface area (Å²) in [5.74, 6) is -1.73. The van der Waals surface area contributed by atoms with Crippen molar-refractivity contribution < 1.29 is 26.4 Å². The molecule has 0 spiro atoms. The third-order valence-electron chi connectivity index (χ3n) is 7.59. The van der Waals surface area contributed by atoms with E-state index in [0.29, 0.717) is 40.9 Å². The molecule has 0 aliphatic heterocycles. The van der Waals surface area contributed by atoms with Gasteiger partial charge >= 0.3 is 0 Å². The molecule has 0 aromatic heterocycles. The Morgan fingerprint density at radius 3 is 1.10 bits per heavy atom. The molecule has 0 atom stereocenters. The Bertz CT molecular complexity index is 2090. The Labute approximate surface area is 290 Å². The fourth-order valence-electron chi connectivity index (χ4n) is 5.04. The van der Waals surface area contributed by atoms with Crippen LogP contribution in [0, 0.1) is 27.7 Å². The molecule has 0 heterocycles. The van der Waals surface area contributed by atoms with Crippen LogP contribution in [0.15, 0.2) is 119 Å². The molecule has 0 bridgehead atoms. The highest BCUT2D eigenvalue weighted by atomic mass is 35.5. The molecule has 0 saturated carbocycles. The van der Waals surface area contributed by atoms with Gasteiger partial charge in [0.05, 0.1) is 21.2 Å². The fourth-order valence-corrected chi connectivity index (χ4v) is 8.75. The van der Waals surface area contributed by atoms with Gasteiger partial charge in [0.25, 0.3) is 31.9 Å². The summed E-state index contributed by atoms with van der Waals surface area (Å²) in [4.78, 5) is 27.8. The Morgan fingerprint density at radius 2 is 0.792 bits per heavy atom. The molecule has 5 aromatic rings. The number of halogens is 2. The van der Waals surface area contributed by atoms with Gasteiger partial charge in [0.1, 0.15) is 0 Å². The summed E-state index contributed by atoms with van der Waals surface area (Å²) >= 11 is 12.1. The molecule has 48 heavy (non-hydrogen) atoms. The molecule has 0 N–H and O–H groups in total. The van der Waals surface area contributed by atoms with E-state index >= 15 is 0 Å². The Hall–Kier alpha value is -4.48. The first-order chi connectivity index (χ1) is 22.6. The Morgan fingerprint density at radius 1 is 0.479 bits per heavy atom. The van der Waals surface area contributed by atoms with Crippen molar-refractivity contribution in [1.29, 1.82) is 0 Å². The van der Waals surface area contributed by atoms with Gasteiger partial charge in [0.15, 0.2) is 0 Å². The van der Waals surface area contributed by atoms with E-state index in [4.69, 9.17) is 23.2 Å². The van der Waals surface area contributed by atoms with Crippen molar-refractivity contribution in [1.82, 2.24) is 0 Å². The van der Waals surface area contributed by atoms with Crippen LogP contribution in [-0.2, 0) is 20.0 Å². The number of benzene rings is 5. The zero-order valence-electron chi connectivity index (χ0n) is 26.3. The molecular weight excluding hydrogens is 691 g/mol. The van der Waals surface area contributed by atoms with Crippen molar-refractivity contribution in [3.8, 4) is 0 Å². The van der Waals surface area contributed by atoms with E-state index in [2.05, 4.69) is 0 Å². The van der Waals surface area contributed by atoms with E-state index in [1.165, 1.54) is 84.9 Å². The topological polar surface area (TPSA) is 109 Å². The van der Waals surface area contributed by atoms with Crippen LogP contribution in [0.4, 0.5) is 11.4 Å². The average molecular weight is 722 g/mol. The van der Waals surface area contributed by atoms with Crippen LogP contribution < -0.4 is 8.61 Å². The SMILES string of the molecule is Cc1ccc(C)c(S(=O)(=O)N(C(=O)c2ccc(Cl)cc2)c2ccc(N(C(=O)c3ccc(Cl)cc3)S(=O)(=O)c3cc(C)ccc3C)cc2)c1. The molecule has 12 heteroatoms. The standard InChI is InChI=1S/C36H30Cl2N2O6S2/c1-23-5-7-25(3)33(21-23)47(43,44)39(35(41)27-9-13-29(37)14-10-27)31-17-19-32(20-18-31)40(36(42)28-11-15-30(38)16-12-28)48(45,46)34-22-24(2)6-8-26(34)4/h5-22H,1-4H3. The molecule has 0 saturated heterocycles. The van der Waals surface area contributed by atoms with Crippen LogP contribution in [-0.4, -0.2) is 28.6 Å². The van der Waals surface area contributed by atoms with Gasteiger partial charge in [-0.3, -0.25) is 9.59 Å².